The van der Waals surface area contributed by atoms with Gasteiger partial charge in [-0.25, -0.2) is 15.0 Å². The highest BCUT2D eigenvalue weighted by Crippen LogP contribution is 2.38. The molecule has 0 atom stereocenters. The molecule has 0 aliphatic heterocycles. The lowest BCUT2D eigenvalue weighted by Gasteiger charge is -2.12. The first kappa shape index (κ1) is 14.6. The van der Waals surface area contributed by atoms with Gasteiger partial charge < -0.3 is 10.3 Å². The summed E-state index contributed by atoms with van der Waals surface area (Å²) in [4.78, 5) is 15.2. The van der Waals surface area contributed by atoms with Crippen LogP contribution in [0, 0.1) is 0 Å². The van der Waals surface area contributed by atoms with Crippen LogP contribution in [0.25, 0.3) is 11.2 Å². The van der Waals surface area contributed by atoms with Gasteiger partial charge in [-0.1, -0.05) is 18.2 Å². The van der Waals surface area contributed by atoms with Gasteiger partial charge in [0.15, 0.2) is 11.5 Å². The quantitative estimate of drug-likeness (QED) is 0.718. The maximum atomic E-state index is 12.6. The third-order valence-electron chi connectivity index (χ3n) is 2.86. The van der Waals surface area contributed by atoms with Crippen molar-refractivity contribution in [1.82, 2.24) is 19.9 Å². The zero-order chi connectivity index (χ0) is 15.6. The number of imidazole rings is 1. The Hall–Kier alpha value is -2.29. The maximum absolute atomic E-state index is 12.6. The first-order chi connectivity index (χ1) is 10.5. The van der Waals surface area contributed by atoms with E-state index in [0.717, 1.165) is 0 Å². The third kappa shape index (κ3) is 3.30. The number of benzene rings is 1. The molecule has 0 amide bonds. The molecule has 5 nitrogen and oxygen atoms in total. The lowest BCUT2D eigenvalue weighted by atomic mass is 10.2. The van der Waals surface area contributed by atoms with Crippen molar-refractivity contribution in [1.29, 1.82) is 0 Å². The van der Waals surface area contributed by atoms with Gasteiger partial charge in [0.1, 0.15) is 11.8 Å². The second kappa shape index (κ2) is 5.84. The molecule has 0 radical (unpaired) electrons. The van der Waals surface area contributed by atoms with E-state index < -0.39 is 5.51 Å². The van der Waals surface area contributed by atoms with E-state index in [0.29, 0.717) is 22.5 Å². The summed E-state index contributed by atoms with van der Waals surface area (Å²) in [5.74, 6) is 0.470. The van der Waals surface area contributed by atoms with Gasteiger partial charge in [0.05, 0.1) is 6.33 Å². The monoisotopic (exact) mass is 325 g/mol. The van der Waals surface area contributed by atoms with E-state index in [-0.39, 0.29) is 23.2 Å². The van der Waals surface area contributed by atoms with Crippen molar-refractivity contribution in [3.8, 4) is 0 Å². The van der Waals surface area contributed by atoms with Crippen LogP contribution < -0.4 is 5.32 Å². The van der Waals surface area contributed by atoms with Gasteiger partial charge in [-0.15, -0.1) is 0 Å². The number of fused-ring (bicyclic) bond motifs is 1. The molecule has 0 aliphatic rings. The fraction of sp³-hybridized carbons (Fsp3) is 0.154. The standard InChI is InChI=1S/C13H10F3N5S/c14-13(15,16)22-9-4-2-1-3-8(9)5-17-11-10-12(19-6-18-10)21-7-20-11/h1-4,6-7H,5H2,(H2,17,18,19,20,21). The molecule has 9 heteroatoms. The van der Waals surface area contributed by atoms with Crippen LogP contribution in [0.3, 0.4) is 0 Å². The molecule has 114 valence electrons. The van der Waals surface area contributed by atoms with Gasteiger partial charge in [-0.05, 0) is 23.4 Å². The van der Waals surface area contributed by atoms with Gasteiger partial charge in [0, 0.05) is 11.4 Å². The summed E-state index contributed by atoms with van der Waals surface area (Å²) in [5.41, 5.74) is -2.67. The molecule has 0 bridgehead atoms. The molecule has 0 fully saturated rings. The van der Waals surface area contributed by atoms with Crippen molar-refractivity contribution < 1.29 is 13.2 Å². The second-order valence-corrected chi connectivity index (χ2v) is 5.44. The third-order valence-corrected chi connectivity index (χ3v) is 3.71. The molecule has 0 spiro atoms. The number of aromatic nitrogens is 4. The molecule has 3 rings (SSSR count). The highest BCUT2D eigenvalue weighted by atomic mass is 32.2. The summed E-state index contributed by atoms with van der Waals surface area (Å²) in [6, 6.07) is 6.36. The van der Waals surface area contributed by atoms with Gasteiger partial charge in [0.2, 0.25) is 0 Å². The minimum atomic E-state index is -4.32. The molecular formula is C13H10F3N5S. The minimum Gasteiger partial charge on any atom is -0.364 e. The van der Waals surface area contributed by atoms with Crippen molar-refractivity contribution in [3.05, 3.63) is 42.5 Å². The fourth-order valence-electron chi connectivity index (χ4n) is 1.95. The van der Waals surface area contributed by atoms with Gasteiger partial charge in [-0.3, -0.25) is 0 Å². The van der Waals surface area contributed by atoms with Gasteiger partial charge >= 0.3 is 5.51 Å². The fourth-order valence-corrected chi connectivity index (χ4v) is 2.61. The number of hydrogen-bond donors (Lipinski definition) is 2. The van der Waals surface area contributed by atoms with Crippen LogP contribution >= 0.6 is 11.8 Å². The number of H-pyrrole nitrogens is 1. The number of aromatic amines is 1. The highest BCUT2D eigenvalue weighted by molar-refractivity contribution is 8.00. The molecule has 0 unspecified atom stereocenters. The van der Waals surface area contributed by atoms with E-state index in [9.17, 15) is 13.2 Å². The molecule has 0 saturated heterocycles. The summed E-state index contributed by atoms with van der Waals surface area (Å²) >= 11 is -0.127. The van der Waals surface area contributed by atoms with E-state index in [1.807, 2.05) is 0 Å². The van der Waals surface area contributed by atoms with E-state index in [2.05, 4.69) is 25.3 Å². The molecule has 2 heterocycles. The first-order valence-corrected chi connectivity index (χ1v) is 7.06. The maximum Gasteiger partial charge on any atom is 0.446 e. The number of thioether (sulfide) groups is 1. The van der Waals surface area contributed by atoms with Crippen molar-refractivity contribution in [2.75, 3.05) is 5.32 Å². The van der Waals surface area contributed by atoms with Crippen molar-refractivity contribution in [2.24, 2.45) is 0 Å². The predicted octanol–water partition coefficient (Wildman–Crippen LogP) is 3.58. The zero-order valence-electron chi connectivity index (χ0n) is 11.1. The Balaban J connectivity index is 1.81. The predicted molar refractivity (Wildman–Crippen MR) is 77.4 cm³/mol. The summed E-state index contributed by atoms with van der Waals surface area (Å²) in [7, 11) is 0. The number of nitrogens with zero attached hydrogens (tertiary/aromatic N) is 3. The van der Waals surface area contributed by atoms with E-state index in [4.69, 9.17) is 0 Å². The Morgan fingerprint density at radius 2 is 1.95 bits per heavy atom. The molecule has 22 heavy (non-hydrogen) atoms. The topological polar surface area (TPSA) is 66.5 Å². The van der Waals surface area contributed by atoms with Crippen LogP contribution in [-0.4, -0.2) is 25.4 Å². The molecule has 0 saturated carbocycles. The highest BCUT2D eigenvalue weighted by Gasteiger charge is 2.30. The number of hydrogen-bond acceptors (Lipinski definition) is 5. The number of anilines is 1. The average molecular weight is 325 g/mol. The Bertz CT molecular complexity index is 786. The SMILES string of the molecule is FC(F)(F)Sc1ccccc1CNc1ncnc2[nH]cnc12. The number of rotatable bonds is 4. The van der Waals surface area contributed by atoms with Crippen molar-refractivity contribution in [2.45, 2.75) is 16.9 Å². The average Bonchev–Trinajstić information content (AvgIpc) is 2.93. The largest absolute Gasteiger partial charge is 0.446 e. The molecule has 2 N–H and O–H groups in total. The Morgan fingerprint density at radius 1 is 1.14 bits per heavy atom. The summed E-state index contributed by atoms with van der Waals surface area (Å²) in [6.45, 7) is 0.207. The van der Waals surface area contributed by atoms with Crippen molar-refractivity contribution >= 4 is 28.7 Å². The minimum absolute atomic E-state index is 0.127. The lowest BCUT2D eigenvalue weighted by molar-refractivity contribution is -0.0328. The van der Waals surface area contributed by atoms with E-state index in [1.54, 1.807) is 18.2 Å². The molecular weight excluding hydrogens is 315 g/mol. The Labute approximate surface area is 127 Å². The first-order valence-electron chi connectivity index (χ1n) is 6.24. The molecule has 1 aromatic carbocycles. The zero-order valence-corrected chi connectivity index (χ0v) is 11.9. The number of nitrogens with one attached hydrogen (secondary N) is 2. The normalized spacial score (nSPS) is 11.8. The van der Waals surface area contributed by atoms with Crippen LogP contribution in [-0.2, 0) is 6.54 Å². The van der Waals surface area contributed by atoms with E-state index >= 15 is 0 Å². The van der Waals surface area contributed by atoms with Crippen LogP contribution in [0.1, 0.15) is 5.56 Å². The summed E-state index contributed by atoms with van der Waals surface area (Å²) in [6.07, 6.45) is 2.84. The van der Waals surface area contributed by atoms with E-state index in [1.165, 1.54) is 18.7 Å². The smallest absolute Gasteiger partial charge is 0.364 e. The van der Waals surface area contributed by atoms with Crippen LogP contribution in [0.15, 0.2) is 41.8 Å². The lowest BCUT2D eigenvalue weighted by Crippen LogP contribution is -2.06. The summed E-state index contributed by atoms with van der Waals surface area (Å²) in [5, 5.41) is 3.00. The van der Waals surface area contributed by atoms with Gasteiger partial charge in [-0.2, -0.15) is 13.2 Å². The Kier molecular flexibility index (Phi) is 3.88. The molecule has 0 aliphatic carbocycles. The summed E-state index contributed by atoms with van der Waals surface area (Å²) < 4.78 is 37.7. The molecule has 3 aromatic rings. The van der Waals surface area contributed by atoms with Crippen LogP contribution in [0.2, 0.25) is 0 Å². The molecule has 2 aromatic heterocycles. The number of halogens is 3. The van der Waals surface area contributed by atoms with Crippen molar-refractivity contribution in [3.63, 3.8) is 0 Å². The van der Waals surface area contributed by atoms with Gasteiger partial charge in [0.25, 0.3) is 0 Å². The Morgan fingerprint density at radius 3 is 2.77 bits per heavy atom. The second-order valence-electron chi connectivity index (χ2n) is 4.33. The number of alkyl halides is 3. The van der Waals surface area contributed by atoms with Crippen LogP contribution in [0.4, 0.5) is 19.0 Å². The van der Waals surface area contributed by atoms with Crippen LogP contribution in [0.5, 0.6) is 0 Å².